The molecule has 0 aromatic heterocycles. The number of hydrogen-bond donors (Lipinski definition) is 0. The topological polar surface area (TPSA) is 61.8 Å². The maximum Gasteiger partial charge on any atom is 0.309 e. The van der Waals surface area contributed by atoms with Crippen LogP contribution in [0.2, 0.25) is 0 Å². The van der Waals surface area contributed by atoms with Crippen LogP contribution in [0, 0.1) is 34.5 Å². The Bertz CT molecular complexity index is 597. The van der Waals surface area contributed by atoms with Crippen LogP contribution in [0.25, 0.3) is 0 Å². The zero-order valence-corrected chi connectivity index (χ0v) is 15.0. The van der Waals surface area contributed by atoms with Crippen molar-refractivity contribution < 1.29 is 23.8 Å². The molecule has 5 aliphatic rings. The van der Waals surface area contributed by atoms with Gasteiger partial charge in [0.1, 0.15) is 6.10 Å². The van der Waals surface area contributed by atoms with E-state index < -0.39 is 0 Å². The second-order valence-electron chi connectivity index (χ2n) is 9.28. The SMILES string of the molecule is CC12CC(C3CCOC3)OC(=O)C1CCC13COC(=O)C1CCCC23. The van der Waals surface area contributed by atoms with Crippen molar-refractivity contribution in [3.63, 3.8) is 0 Å². The monoisotopic (exact) mass is 348 g/mol. The van der Waals surface area contributed by atoms with Gasteiger partial charge in [0.2, 0.25) is 0 Å². The smallest absolute Gasteiger partial charge is 0.309 e. The van der Waals surface area contributed by atoms with Gasteiger partial charge in [-0.3, -0.25) is 9.59 Å². The molecule has 2 saturated carbocycles. The number of hydrogen-bond acceptors (Lipinski definition) is 5. The van der Waals surface area contributed by atoms with E-state index in [4.69, 9.17) is 14.2 Å². The molecule has 7 atom stereocenters. The molecule has 3 heterocycles. The summed E-state index contributed by atoms with van der Waals surface area (Å²) in [4.78, 5) is 25.2. The number of rotatable bonds is 1. The summed E-state index contributed by atoms with van der Waals surface area (Å²) in [6.07, 6.45) is 6.80. The van der Waals surface area contributed by atoms with E-state index in [0.717, 1.165) is 51.6 Å². The predicted molar refractivity (Wildman–Crippen MR) is 88.5 cm³/mol. The van der Waals surface area contributed by atoms with Gasteiger partial charge < -0.3 is 14.2 Å². The highest BCUT2D eigenvalue weighted by molar-refractivity contribution is 5.77. The summed E-state index contributed by atoms with van der Waals surface area (Å²) >= 11 is 0. The zero-order valence-electron chi connectivity index (χ0n) is 15.0. The van der Waals surface area contributed by atoms with Crippen LogP contribution in [0.5, 0.6) is 0 Å². The largest absolute Gasteiger partial charge is 0.465 e. The predicted octanol–water partition coefficient (Wildman–Crippen LogP) is 2.71. The van der Waals surface area contributed by atoms with Gasteiger partial charge in [-0.15, -0.1) is 0 Å². The maximum atomic E-state index is 12.9. The molecule has 138 valence electrons. The highest BCUT2D eigenvalue weighted by atomic mass is 16.6. The summed E-state index contributed by atoms with van der Waals surface area (Å²) in [5.74, 6) is 0.757. The minimum Gasteiger partial charge on any atom is -0.465 e. The summed E-state index contributed by atoms with van der Waals surface area (Å²) in [5, 5.41) is 0. The summed E-state index contributed by atoms with van der Waals surface area (Å²) in [5.41, 5.74) is -0.109. The van der Waals surface area contributed by atoms with E-state index in [1.165, 1.54) is 0 Å². The van der Waals surface area contributed by atoms with E-state index in [2.05, 4.69) is 6.92 Å². The molecule has 0 aromatic rings. The minimum absolute atomic E-state index is 0.00544. The summed E-state index contributed by atoms with van der Waals surface area (Å²) < 4.78 is 17.0. The van der Waals surface area contributed by atoms with E-state index in [1.807, 2.05) is 0 Å². The molecule has 0 amide bonds. The molecule has 3 saturated heterocycles. The lowest BCUT2D eigenvalue weighted by atomic mass is 9.44. The fourth-order valence-electron chi connectivity index (χ4n) is 7.08. The quantitative estimate of drug-likeness (QED) is 0.682. The van der Waals surface area contributed by atoms with Crippen molar-refractivity contribution in [2.24, 2.45) is 34.5 Å². The molecule has 0 N–H and O–H groups in total. The van der Waals surface area contributed by atoms with Gasteiger partial charge >= 0.3 is 11.9 Å². The van der Waals surface area contributed by atoms with Gasteiger partial charge in [0.25, 0.3) is 0 Å². The molecule has 25 heavy (non-hydrogen) atoms. The molecule has 7 unspecified atom stereocenters. The first-order valence-electron chi connectivity index (χ1n) is 9.99. The molecular formula is C20H28O5. The Hall–Kier alpha value is -1.10. The first-order valence-corrected chi connectivity index (χ1v) is 9.99. The normalized spacial score (nSPS) is 52.0. The van der Waals surface area contributed by atoms with Crippen LogP contribution in [0.1, 0.15) is 51.9 Å². The molecule has 5 fully saturated rings. The molecule has 5 heteroatoms. The van der Waals surface area contributed by atoms with Crippen LogP contribution in [-0.2, 0) is 23.8 Å². The average Bonchev–Trinajstić information content (AvgIpc) is 3.23. The molecule has 1 spiro atoms. The Kier molecular flexibility index (Phi) is 3.51. The van der Waals surface area contributed by atoms with Crippen LogP contribution < -0.4 is 0 Å². The van der Waals surface area contributed by atoms with Gasteiger partial charge in [-0.1, -0.05) is 13.3 Å². The third-order valence-corrected chi connectivity index (χ3v) is 8.32. The molecule has 0 bridgehead atoms. The van der Waals surface area contributed by atoms with Gasteiger partial charge in [-0.25, -0.2) is 0 Å². The number of ether oxygens (including phenoxy) is 3. The van der Waals surface area contributed by atoms with Crippen molar-refractivity contribution in [2.75, 3.05) is 19.8 Å². The van der Waals surface area contributed by atoms with Crippen molar-refractivity contribution in [3.05, 3.63) is 0 Å². The number of esters is 2. The lowest BCUT2D eigenvalue weighted by molar-refractivity contribution is -0.203. The van der Waals surface area contributed by atoms with Crippen LogP contribution >= 0.6 is 0 Å². The Labute approximate surface area is 148 Å². The van der Waals surface area contributed by atoms with Crippen LogP contribution in [0.15, 0.2) is 0 Å². The summed E-state index contributed by atoms with van der Waals surface area (Å²) in [6, 6.07) is 0. The molecule has 3 aliphatic heterocycles. The van der Waals surface area contributed by atoms with E-state index in [1.54, 1.807) is 0 Å². The van der Waals surface area contributed by atoms with E-state index in [0.29, 0.717) is 25.0 Å². The Morgan fingerprint density at radius 3 is 2.72 bits per heavy atom. The molecule has 5 rings (SSSR count). The van der Waals surface area contributed by atoms with Gasteiger partial charge in [-0.05, 0) is 49.9 Å². The van der Waals surface area contributed by atoms with Crippen LogP contribution in [0.3, 0.4) is 0 Å². The summed E-state index contributed by atoms with van der Waals surface area (Å²) in [6.45, 7) is 4.35. The van der Waals surface area contributed by atoms with E-state index >= 15 is 0 Å². The minimum atomic E-state index is -0.0759. The van der Waals surface area contributed by atoms with Gasteiger partial charge in [0, 0.05) is 17.9 Å². The lowest BCUT2D eigenvalue weighted by Gasteiger charge is -2.60. The van der Waals surface area contributed by atoms with Gasteiger partial charge in [-0.2, -0.15) is 0 Å². The Morgan fingerprint density at radius 2 is 1.92 bits per heavy atom. The van der Waals surface area contributed by atoms with Crippen molar-refractivity contribution in [1.29, 1.82) is 0 Å². The summed E-state index contributed by atoms with van der Waals surface area (Å²) in [7, 11) is 0. The molecule has 5 nitrogen and oxygen atoms in total. The van der Waals surface area contributed by atoms with Gasteiger partial charge in [0.15, 0.2) is 0 Å². The van der Waals surface area contributed by atoms with E-state index in [9.17, 15) is 9.59 Å². The van der Waals surface area contributed by atoms with E-state index in [-0.39, 0.29) is 40.7 Å². The second kappa shape index (κ2) is 5.45. The van der Waals surface area contributed by atoms with Crippen LogP contribution in [-0.4, -0.2) is 37.9 Å². The third-order valence-electron chi connectivity index (χ3n) is 8.32. The van der Waals surface area contributed by atoms with Crippen molar-refractivity contribution in [1.82, 2.24) is 0 Å². The van der Waals surface area contributed by atoms with Gasteiger partial charge in [0.05, 0.1) is 25.0 Å². The number of carbonyl (C=O) groups is 2. The zero-order chi connectivity index (χ0) is 17.2. The Morgan fingerprint density at radius 1 is 1.04 bits per heavy atom. The first kappa shape index (κ1) is 16.1. The highest BCUT2D eigenvalue weighted by Gasteiger charge is 2.67. The number of cyclic esters (lactones) is 2. The van der Waals surface area contributed by atoms with Crippen molar-refractivity contribution in [2.45, 2.75) is 58.0 Å². The van der Waals surface area contributed by atoms with Crippen LogP contribution in [0.4, 0.5) is 0 Å². The highest BCUT2D eigenvalue weighted by Crippen LogP contribution is 2.66. The van der Waals surface area contributed by atoms with Crippen molar-refractivity contribution >= 4 is 11.9 Å². The first-order chi connectivity index (χ1) is 12.0. The fourth-order valence-corrected chi connectivity index (χ4v) is 7.08. The third kappa shape index (κ3) is 2.11. The number of carbonyl (C=O) groups excluding carboxylic acids is 2. The standard InChI is InChI=1S/C20H28O5/c1-19-9-15(12-6-8-23-10-12)25-18(22)13(19)5-7-20-11-24-17(21)14(20)3-2-4-16(19)20/h12-16H,2-11H2,1H3. The van der Waals surface area contributed by atoms with Crippen molar-refractivity contribution in [3.8, 4) is 0 Å². The molecule has 2 aliphatic carbocycles. The molecule has 0 radical (unpaired) electrons. The Balaban J connectivity index is 1.50. The second-order valence-corrected chi connectivity index (χ2v) is 9.28. The lowest BCUT2D eigenvalue weighted by Crippen LogP contribution is -2.60. The maximum absolute atomic E-state index is 12.9. The fraction of sp³-hybridized carbons (Fsp3) is 0.900. The number of fused-ring (bicyclic) bond motifs is 2. The molecular weight excluding hydrogens is 320 g/mol. The molecule has 0 aromatic carbocycles. The average molecular weight is 348 g/mol.